The van der Waals surface area contributed by atoms with Gasteiger partial charge < -0.3 is 14.4 Å². The van der Waals surface area contributed by atoms with Crippen LogP contribution >= 0.6 is 11.3 Å². The molecule has 0 spiro atoms. The Labute approximate surface area is 182 Å². The molecule has 0 radical (unpaired) electrons. The van der Waals surface area contributed by atoms with Crippen LogP contribution in [0.1, 0.15) is 34.7 Å². The molecule has 1 saturated heterocycles. The maximum absolute atomic E-state index is 12.8. The van der Waals surface area contributed by atoms with Crippen LogP contribution in [0.25, 0.3) is 0 Å². The third-order valence-corrected chi connectivity index (χ3v) is 6.41. The van der Waals surface area contributed by atoms with E-state index >= 15 is 0 Å². The molecule has 0 N–H and O–H groups in total. The second-order valence-corrected chi connectivity index (χ2v) is 9.28. The van der Waals surface area contributed by atoms with Crippen molar-refractivity contribution in [2.75, 3.05) is 39.4 Å². The number of aryl methyl sites for hydroxylation is 2. The summed E-state index contributed by atoms with van der Waals surface area (Å²) in [6, 6.07) is 6.23. The van der Waals surface area contributed by atoms with E-state index in [1.807, 2.05) is 17.0 Å². The predicted molar refractivity (Wildman–Crippen MR) is 118 cm³/mol. The molecule has 6 nitrogen and oxygen atoms in total. The van der Waals surface area contributed by atoms with Gasteiger partial charge in [-0.3, -0.25) is 9.69 Å². The molecular weight excluding hydrogens is 398 g/mol. The molecule has 2 heterocycles. The quantitative estimate of drug-likeness (QED) is 0.611. The summed E-state index contributed by atoms with van der Waals surface area (Å²) in [5, 5.41) is 3.00. The van der Waals surface area contributed by atoms with Gasteiger partial charge in [-0.1, -0.05) is 6.07 Å². The zero-order valence-electron chi connectivity index (χ0n) is 17.9. The zero-order chi connectivity index (χ0) is 20.9. The van der Waals surface area contributed by atoms with E-state index in [4.69, 9.17) is 14.5 Å². The van der Waals surface area contributed by atoms with Gasteiger partial charge in [-0.05, 0) is 49.9 Å². The highest BCUT2D eigenvalue weighted by molar-refractivity contribution is 7.09. The molecule has 1 aromatic carbocycles. The van der Waals surface area contributed by atoms with E-state index in [1.54, 1.807) is 11.3 Å². The number of hydrogen-bond acceptors (Lipinski definition) is 6. The first kappa shape index (κ1) is 21.3. The third-order valence-electron chi connectivity index (χ3n) is 5.54. The Morgan fingerprint density at radius 2 is 1.97 bits per heavy atom. The molecule has 162 valence electrons. The minimum Gasteiger partial charge on any atom is -0.486 e. The lowest BCUT2D eigenvalue weighted by atomic mass is 10.1. The molecule has 2 aliphatic rings. The second-order valence-electron chi connectivity index (χ2n) is 8.33. The first-order valence-corrected chi connectivity index (χ1v) is 11.7. The fourth-order valence-electron chi connectivity index (χ4n) is 3.79. The average Bonchev–Trinajstić information content (AvgIpc) is 3.49. The number of carbonyl (C=O) groups excluding carboxylic acids is 1. The van der Waals surface area contributed by atoms with E-state index in [9.17, 15) is 4.79 Å². The van der Waals surface area contributed by atoms with Gasteiger partial charge in [0.15, 0.2) is 0 Å². The summed E-state index contributed by atoms with van der Waals surface area (Å²) in [4.78, 5) is 21.9. The molecule has 1 aliphatic carbocycles. The molecule has 4 rings (SSSR count). The van der Waals surface area contributed by atoms with Crippen LogP contribution in [0.2, 0.25) is 0 Å². The molecule has 1 aliphatic heterocycles. The maximum Gasteiger partial charge on any atom is 0.226 e. The number of rotatable bonds is 9. The van der Waals surface area contributed by atoms with Gasteiger partial charge in [0.1, 0.15) is 17.4 Å². The smallest absolute Gasteiger partial charge is 0.226 e. The van der Waals surface area contributed by atoms with E-state index in [0.717, 1.165) is 68.7 Å². The van der Waals surface area contributed by atoms with Gasteiger partial charge in [-0.25, -0.2) is 4.98 Å². The number of carbonyl (C=O) groups is 1. The van der Waals surface area contributed by atoms with E-state index in [-0.39, 0.29) is 11.8 Å². The summed E-state index contributed by atoms with van der Waals surface area (Å²) >= 11 is 1.60. The Morgan fingerprint density at radius 1 is 1.23 bits per heavy atom. The van der Waals surface area contributed by atoms with Gasteiger partial charge in [0.2, 0.25) is 5.91 Å². The van der Waals surface area contributed by atoms with Crippen molar-refractivity contribution < 1.29 is 14.3 Å². The fraction of sp³-hybridized carbons (Fsp3) is 0.565. The topological polar surface area (TPSA) is 54.9 Å². The highest BCUT2D eigenvalue weighted by atomic mass is 32.1. The summed E-state index contributed by atoms with van der Waals surface area (Å²) < 4.78 is 11.4. The number of hydrogen-bond donors (Lipinski definition) is 0. The van der Waals surface area contributed by atoms with Gasteiger partial charge >= 0.3 is 0 Å². The highest BCUT2D eigenvalue weighted by Gasteiger charge is 2.33. The Balaban J connectivity index is 1.33. The van der Waals surface area contributed by atoms with Gasteiger partial charge in [0, 0.05) is 37.5 Å². The largest absolute Gasteiger partial charge is 0.486 e. The SMILES string of the molecule is Cc1cc(C)cc(OCc2nc(CN(CCN3CCOCC3)C(=O)C3CC3)cs2)c1. The molecule has 2 fully saturated rings. The van der Waals surface area contributed by atoms with Crippen LogP contribution in [0, 0.1) is 19.8 Å². The molecule has 7 heteroatoms. The van der Waals surface area contributed by atoms with Crippen LogP contribution in [0.15, 0.2) is 23.6 Å². The normalized spacial score (nSPS) is 17.1. The van der Waals surface area contributed by atoms with E-state index in [1.165, 1.54) is 11.1 Å². The maximum atomic E-state index is 12.8. The number of benzene rings is 1. The molecule has 1 amide bonds. The van der Waals surface area contributed by atoms with Crippen molar-refractivity contribution in [1.29, 1.82) is 0 Å². The summed E-state index contributed by atoms with van der Waals surface area (Å²) in [5.41, 5.74) is 3.34. The van der Waals surface area contributed by atoms with Crippen molar-refractivity contribution in [3.63, 3.8) is 0 Å². The summed E-state index contributed by atoms with van der Waals surface area (Å²) in [5.74, 6) is 1.38. The minimum absolute atomic E-state index is 0.223. The van der Waals surface area contributed by atoms with E-state index in [0.29, 0.717) is 13.2 Å². The van der Waals surface area contributed by atoms with Gasteiger partial charge in [0.25, 0.3) is 0 Å². The number of aromatic nitrogens is 1. The van der Waals surface area contributed by atoms with Crippen molar-refractivity contribution in [1.82, 2.24) is 14.8 Å². The lowest BCUT2D eigenvalue weighted by molar-refractivity contribution is -0.133. The number of nitrogens with zero attached hydrogens (tertiary/aromatic N) is 3. The summed E-state index contributed by atoms with van der Waals surface area (Å²) in [6.45, 7) is 10.3. The monoisotopic (exact) mass is 429 g/mol. The van der Waals surface area contributed by atoms with Crippen LogP contribution < -0.4 is 4.74 Å². The van der Waals surface area contributed by atoms with Crippen molar-refractivity contribution in [3.8, 4) is 5.75 Å². The Hall–Kier alpha value is -1.96. The van der Waals surface area contributed by atoms with Gasteiger partial charge in [0.05, 0.1) is 25.5 Å². The van der Waals surface area contributed by atoms with Crippen LogP contribution in [0.5, 0.6) is 5.75 Å². The minimum atomic E-state index is 0.223. The van der Waals surface area contributed by atoms with Gasteiger partial charge in [-0.2, -0.15) is 0 Å². The Bertz CT molecular complexity index is 839. The average molecular weight is 430 g/mol. The van der Waals surface area contributed by atoms with Gasteiger partial charge in [-0.15, -0.1) is 11.3 Å². The second kappa shape index (κ2) is 9.90. The zero-order valence-corrected chi connectivity index (χ0v) is 18.7. The number of ether oxygens (including phenoxy) is 2. The molecule has 2 aromatic rings. The van der Waals surface area contributed by atoms with Crippen molar-refractivity contribution in [2.24, 2.45) is 5.92 Å². The van der Waals surface area contributed by atoms with Crippen LogP contribution in [0.4, 0.5) is 0 Å². The van der Waals surface area contributed by atoms with Crippen LogP contribution in [-0.2, 0) is 22.7 Å². The third kappa shape index (κ3) is 6.03. The first-order chi connectivity index (χ1) is 14.6. The van der Waals surface area contributed by atoms with Crippen molar-refractivity contribution in [3.05, 3.63) is 45.4 Å². The molecule has 1 aromatic heterocycles. The number of thiazole rings is 1. The van der Waals surface area contributed by atoms with Crippen LogP contribution in [-0.4, -0.2) is 60.1 Å². The first-order valence-electron chi connectivity index (χ1n) is 10.8. The molecule has 0 unspecified atom stereocenters. The molecule has 1 saturated carbocycles. The summed E-state index contributed by atoms with van der Waals surface area (Å²) in [6.07, 6.45) is 2.05. The number of morpholine rings is 1. The summed E-state index contributed by atoms with van der Waals surface area (Å²) in [7, 11) is 0. The molecular formula is C23H31N3O3S. The lowest BCUT2D eigenvalue weighted by Crippen LogP contribution is -2.43. The van der Waals surface area contributed by atoms with Crippen molar-refractivity contribution >= 4 is 17.2 Å². The molecule has 30 heavy (non-hydrogen) atoms. The van der Waals surface area contributed by atoms with Crippen molar-refractivity contribution in [2.45, 2.75) is 39.8 Å². The Kier molecular flexibility index (Phi) is 7.02. The fourth-order valence-corrected chi connectivity index (χ4v) is 4.48. The lowest BCUT2D eigenvalue weighted by Gasteiger charge is -2.30. The van der Waals surface area contributed by atoms with E-state index in [2.05, 4.69) is 30.2 Å². The Morgan fingerprint density at radius 3 is 2.67 bits per heavy atom. The highest BCUT2D eigenvalue weighted by Crippen LogP contribution is 2.31. The standard InChI is InChI=1S/C23H31N3O3S/c1-17-11-18(2)13-21(12-17)29-15-22-24-20(16-30-22)14-26(23(27)19-3-4-19)6-5-25-7-9-28-10-8-25/h11-13,16,19H,3-10,14-15H2,1-2H3. The molecule has 0 atom stereocenters. The van der Waals surface area contributed by atoms with E-state index < -0.39 is 0 Å². The van der Waals surface area contributed by atoms with Crippen LogP contribution in [0.3, 0.4) is 0 Å². The molecule has 0 bridgehead atoms. The predicted octanol–water partition coefficient (Wildman–Crippen LogP) is 3.41. The number of amides is 1.